The van der Waals surface area contributed by atoms with Gasteiger partial charge < -0.3 is 20.9 Å². The van der Waals surface area contributed by atoms with Crippen LogP contribution in [-0.4, -0.2) is 60.2 Å². The monoisotopic (exact) mass is 479 g/mol. The molecule has 4 rings (SSSR count). The van der Waals surface area contributed by atoms with E-state index in [1.807, 2.05) is 24.3 Å². The molecule has 182 valence electrons. The second-order valence-corrected chi connectivity index (χ2v) is 7.94. The number of aromatic nitrogens is 2. The lowest BCUT2D eigenvalue weighted by Gasteiger charge is -2.35. The molecule has 0 aliphatic carbocycles. The highest BCUT2D eigenvalue weighted by atomic mass is 19.1. The van der Waals surface area contributed by atoms with Gasteiger partial charge in [0, 0.05) is 44.1 Å². The minimum absolute atomic E-state index is 0.0365. The third-order valence-electron chi connectivity index (χ3n) is 5.63. The molecule has 0 bridgehead atoms. The van der Waals surface area contributed by atoms with Crippen molar-refractivity contribution in [3.63, 3.8) is 0 Å². The van der Waals surface area contributed by atoms with Crippen molar-refractivity contribution < 1.29 is 13.6 Å². The summed E-state index contributed by atoms with van der Waals surface area (Å²) in [5.41, 5.74) is 2.77. The Morgan fingerprint density at radius 1 is 1.03 bits per heavy atom. The Hall–Kier alpha value is -4.05. The van der Waals surface area contributed by atoms with Gasteiger partial charge in [-0.05, 0) is 42.5 Å². The second-order valence-electron chi connectivity index (χ2n) is 7.94. The van der Waals surface area contributed by atoms with Crippen LogP contribution in [0.25, 0.3) is 0 Å². The van der Waals surface area contributed by atoms with Crippen LogP contribution in [-0.2, 0) is 4.79 Å². The molecule has 0 unspecified atom stereocenters. The molecule has 35 heavy (non-hydrogen) atoms. The Balaban J connectivity index is 1.43. The summed E-state index contributed by atoms with van der Waals surface area (Å²) in [5, 5.41) is 8.67. The molecule has 1 aliphatic heterocycles. The van der Waals surface area contributed by atoms with Crippen molar-refractivity contribution in [3.05, 3.63) is 73.2 Å². The lowest BCUT2D eigenvalue weighted by atomic mass is 10.2. The summed E-state index contributed by atoms with van der Waals surface area (Å²) in [6.07, 6.45) is 2.23. The van der Waals surface area contributed by atoms with Gasteiger partial charge in [0.05, 0.1) is 17.6 Å². The molecule has 1 fully saturated rings. The number of halogens is 2. The lowest BCUT2D eigenvalue weighted by molar-refractivity contribution is -0.111. The van der Waals surface area contributed by atoms with Crippen LogP contribution in [0.2, 0.25) is 0 Å². The molecule has 3 N–H and O–H groups in total. The molecule has 0 spiro atoms. The number of carbonyl (C=O) groups excluding carboxylic acids is 1. The zero-order valence-electron chi connectivity index (χ0n) is 19.2. The summed E-state index contributed by atoms with van der Waals surface area (Å²) in [4.78, 5) is 24.4. The van der Waals surface area contributed by atoms with Crippen LogP contribution >= 0.6 is 0 Å². The summed E-state index contributed by atoms with van der Waals surface area (Å²) in [6.45, 7) is 6.97. The number of rotatable bonds is 9. The van der Waals surface area contributed by atoms with Crippen molar-refractivity contribution in [2.75, 3.05) is 60.2 Å². The number of alkyl halides is 1. The molecular formula is C25H27F2N7O. The van der Waals surface area contributed by atoms with Crippen LogP contribution in [0, 0.1) is 5.82 Å². The van der Waals surface area contributed by atoms with Crippen LogP contribution < -0.4 is 20.9 Å². The number of hydrogen-bond donors (Lipinski definition) is 3. The Morgan fingerprint density at radius 2 is 1.74 bits per heavy atom. The van der Waals surface area contributed by atoms with E-state index in [2.05, 4.69) is 42.3 Å². The molecule has 0 atom stereocenters. The number of carbonyl (C=O) groups is 1. The predicted molar refractivity (Wildman–Crippen MR) is 135 cm³/mol. The van der Waals surface area contributed by atoms with Gasteiger partial charge in [-0.15, -0.1) is 0 Å². The zero-order valence-corrected chi connectivity index (χ0v) is 19.2. The molecule has 1 saturated heterocycles. The highest BCUT2D eigenvalue weighted by molar-refractivity contribution is 6.01. The van der Waals surface area contributed by atoms with E-state index < -0.39 is 5.82 Å². The summed E-state index contributed by atoms with van der Waals surface area (Å²) in [7, 11) is 0. The van der Waals surface area contributed by atoms with Gasteiger partial charge in [-0.2, -0.15) is 4.98 Å². The lowest BCUT2D eigenvalue weighted by Crippen LogP contribution is -2.47. The molecular weight excluding hydrogens is 452 g/mol. The van der Waals surface area contributed by atoms with Crippen molar-refractivity contribution in [3.8, 4) is 0 Å². The fraction of sp³-hybridized carbons (Fsp3) is 0.240. The van der Waals surface area contributed by atoms with Gasteiger partial charge in [0.15, 0.2) is 11.6 Å². The van der Waals surface area contributed by atoms with Crippen molar-refractivity contribution in [2.45, 2.75) is 0 Å². The van der Waals surface area contributed by atoms with Gasteiger partial charge in [0.25, 0.3) is 0 Å². The van der Waals surface area contributed by atoms with Crippen molar-refractivity contribution >= 4 is 40.4 Å². The third-order valence-corrected chi connectivity index (χ3v) is 5.63. The van der Waals surface area contributed by atoms with Crippen molar-refractivity contribution in [1.29, 1.82) is 0 Å². The number of anilines is 6. The first-order chi connectivity index (χ1) is 17.1. The SMILES string of the molecule is C=CC(=O)Nc1ccccc1Nc1nc(Nc2ccc(N3CCN(CCF)CC3)cc2)ncc1F. The number of para-hydroxylation sites is 2. The average molecular weight is 480 g/mol. The minimum Gasteiger partial charge on any atom is -0.369 e. The first-order valence-corrected chi connectivity index (χ1v) is 11.3. The molecule has 1 aliphatic rings. The van der Waals surface area contributed by atoms with E-state index in [0.29, 0.717) is 17.9 Å². The standard InChI is InChI=1S/C25H27F2N7O/c1-2-23(35)30-21-5-3-4-6-22(21)31-24-20(27)17-28-25(32-24)29-18-7-9-19(10-8-18)34-15-13-33(12-11-26)14-16-34/h2-10,17H,1,11-16H2,(H,30,35)(H2,28,29,31,32). The van der Waals surface area contributed by atoms with E-state index in [9.17, 15) is 13.6 Å². The van der Waals surface area contributed by atoms with Crippen LogP contribution in [0.3, 0.4) is 0 Å². The highest BCUT2D eigenvalue weighted by Crippen LogP contribution is 2.27. The fourth-order valence-electron chi connectivity index (χ4n) is 3.76. The summed E-state index contributed by atoms with van der Waals surface area (Å²) < 4.78 is 27.0. The van der Waals surface area contributed by atoms with Gasteiger partial charge in [0.1, 0.15) is 6.67 Å². The molecule has 10 heteroatoms. The summed E-state index contributed by atoms with van der Waals surface area (Å²) in [6, 6.07) is 14.7. The van der Waals surface area contributed by atoms with E-state index in [1.165, 1.54) is 0 Å². The maximum Gasteiger partial charge on any atom is 0.247 e. The van der Waals surface area contributed by atoms with E-state index >= 15 is 0 Å². The number of benzene rings is 2. The maximum absolute atomic E-state index is 14.4. The van der Waals surface area contributed by atoms with Gasteiger partial charge in [-0.3, -0.25) is 9.69 Å². The first-order valence-electron chi connectivity index (χ1n) is 11.3. The number of hydrogen-bond acceptors (Lipinski definition) is 7. The fourth-order valence-corrected chi connectivity index (χ4v) is 3.76. The van der Waals surface area contributed by atoms with Crippen LogP contribution in [0.1, 0.15) is 0 Å². The quantitative estimate of drug-likeness (QED) is 0.394. The topological polar surface area (TPSA) is 85.4 Å². The third kappa shape index (κ3) is 6.30. The average Bonchev–Trinajstić information content (AvgIpc) is 2.88. The summed E-state index contributed by atoms with van der Waals surface area (Å²) >= 11 is 0. The molecule has 1 amide bonds. The van der Waals surface area contributed by atoms with Crippen LogP contribution in [0.15, 0.2) is 67.4 Å². The normalized spacial score (nSPS) is 13.8. The molecule has 0 saturated carbocycles. The van der Waals surface area contributed by atoms with Gasteiger partial charge in [-0.25, -0.2) is 13.8 Å². The van der Waals surface area contributed by atoms with E-state index in [4.69, 9.17) is 0 Å². The molecule has 0 radical (unpaired) electrons. The maximum atomic E-state index is 14.4. The van der Waals surface area contributed by atoms with Crippen molar-refractivity contribution in [2.24, 2.45) is 0 Å². The Labute approximate surface area is 202 Å². The predicted octanol–water partition coefficient (Wildman–Crippen LogP) is 4.32. The van der Waals surface area contributed by atoms with Crippen molar-refractivity contribution in [1.82, 2.24) is 14.9 Å². The molecule has 2 heterocycles. The van der Waals surface area contributed by atoms with Crippen LogP contribution in [0.4, 0.5) is 43.3 Å². The van der Waals surface area contributed by atoms with E-state index in [0.717, 1.165) is 49.8 Å². The molecule has 3 aromatic rings. The van der Waals surface area contributed by atoms with E-state index in [1.54, 1.807) is 24.3 Å². The zero-order chi connectivity index (χ0) is 24.6. The Kier molecular flexibility index (Phi) is 7.84. The van der Waals surface area contributed by atoms with Gasteiger partial charge >= 0.3 is 0 Å². The number of nitrogens with zero attached hydrogens (tertiary/aromatic N) is 4. The highest BCUT2D eigenvalue weighted by Gasteiger charge is 2.17. The molecule has 8 nitrogen and oxygen atoms in total. The Bertz CT molecular complexity index is 1160. The van der Waals surface area contributed by atoms with Crippen LogP contribution in [0.5, 0.6) is 0 Å². The Morgan fingerprint density at radius 3 is 2.43 bits per heavy atom. The number of nitrogens with one attached hydrogen (secondary N) is 3. The largest absolute Gasteiger partial charge is 0.369 e. The number of piperazine rings is 1. The van der Waals surface area contributed by atoms with E-state index in [-0.39, 0.29) is 24.3 Å². The van der Waals surface area contributed by atoms with Gasteiger partial charge in [-0.1, -0.05) is 18.7 Å². The minimum atomic E-state index is -0.636. The summed E-state index contributed by atoms with van der Waals surface area (Å²) in [5.74, 6) is -0.836. The number of amides is 1. The molecule has 1 aromatic heterocycles. The second kappa shape index (κ2) is 11.4. The first kappa shape index (κ1) is 24.1. The molecule has 2 aromatic carbocycles. The van der Waals surface area contributed by atoms with Gasteiger partial charge in [0.2, 0.25) is 11.9 Å². The smallest absolute Gasteiger partial charge is 0.247 e.